The molecule has 0 unspecified atom stereocenters. The molecule has 0 spiro atoms. The van der Waals surface area contributed by atoms with Gasteiger partial charge in [-0.15, -0.1) is 10.2 Å². The second-order valence-corrected chi connectivity index (χ2v) is 7.40. The minimum absolute atomic E-state index is 0.00198. The molecule has 154 valence electrons. The SMILES string of the molecule is CC(C)c1c(Cl)c(Oc2c(Cl)cc(-n3nc(C#N)c(=O)[nH]c3=O)cc2Cl)n[nH]c1=O. The van der Waals surface area contributed by atoms with Crippen molar-refractivity contribution in [1.29, 1.82) is 5.26 Å². The minimum atomic E-state index is -0.921. The van der Waals surface area contributed by atoms with Gasteiger partial charge in [-0.2, -0.15) is 9.94 Å². The summed E-state index contributed by atoms with van der Waals surface area (Å²) in [6, 6.07) is 4.13. The van der Waals surface area contributed by atoms with E-state index in [1.54, 1.807) is 19.9 Å². The lowest BCUT2D eigenvalue weighted by Crippen LogP contribution is -2.33. The summed E-state index contributed by atoms with van der Waals surface area (Å²) in [4.78, 5) is 37.4. The summed E-state index contributed by atoms with van der Waals surface area (Å²) in [6.45, 7) is 3.55. The van der Waals surface area contributed by atoms with E-state index in [-0.39, 0.29) is 43.9 Å². The highest BCUT2D eigenvalue weighted by Gasteiger charge is 2.20. The normalized spacial score (nSPS) is 10.8. The number of aromatic amines is 2. The average Bonchev–Trinajstić information content (AvgIpc) is 2.66. The van der Waals surface area contributed by atoms with Gasteiger partial charge in [0.15, 0.2) is 5.75 Å². The van der Waals surface area contributed by atoms with Crippen LogP contribution in [0.25, 0.3) is 5.69 Å². The zero-order valence-electron chi connectivity index (χ0n) is 15.3. The Bertz CT molecular complexity index is 1350. The van der Waals surface area contributed by atoms with Crippen molar-refractivity contribution in [3.8, 4) is 23.4 Å². The van der Waals surface area contributed by atoms with Gasteiger partial charge < -0.3 is 4.74 Å². The maximum absolute atomic E-state index is 12.0. The molecule has 3 aromatic rings. The molecule has 0 saturated heterocycles. The van der Waals surface area contributed by atoms with Crippen molar-refractivity contribution in [2.24, 2.45) is 0 Å². The largest absolute Gasteiger partial charge is 0.433 e. The van der Waals surface area contributed by atoms with Crippen LogP contribution >= 0.6 is 34.8 Å². The number of nitrogens with one attached hydrogen (secondary N) is 2. The van der Waals surface area contributed by atoms with E-state index in [2.05, 4.69) is 15.3 Å². The van der Waals surface area contributed by atoms with Crippen LogP contribution in [-0.4, -0.2) is 25.0 Å². The van der Waals surface area contributed by atoms with E-state index >= 15 is 0 Å². The van der Waals surface area contributed by atoms with E-state index in [4.69, 9.17) is 44.8 Å². The predicted octanol–water partition coefficient (Wildman–Crippen LogP) is 2.75. The molecular formula is C17H11Cl3N6O4. The second-order valence-electron chi connectivity index (χ2n) is 6.21. The lowest BCUT2D eigenvalue weighted by Gasteiger charge is -2.14. The summed E-state index contributed by atoms with van der Waals surface area (Å²) in [7, 11) is 0. The van der Waals surface area contributed by atoms with Gasteiger partial charge in [0.2, 0.25) is 5.69 Å². The number of hydrogen-bond acceptors (Lipinski definition) is 7. The van der Waals surface area contributed by atoms with Gasteiger partial charge in [-0.1, -0.05) is 48.7 Å². The minimum Gasteiger partial charge on any atom is -0.433 e. The quantitative estimate of drug-likeness (QED) is 0.597. The van der Waals surface area contributed by atoms with Gasteiger partial charge in [0.05, 0.1) is 15.7 Å². The number of nitrogens with zero attached hydrogens (tertiary/aromatic N) is 4. The zero-order chi connectivity index (χ0) is 22.2. The molecule has 13 heteroatoms. The molecule has 0 aliphatic rings. The first kappa shape index (κ1) is 21.6. The first-order valence-electron chi connectivity index (χ1n) is 8.23. The fourth-order valence-electron chi connectivity index (χ4n) is 2.52. The van der Waals surface area contributed by atoms with E-state index in [0.29, 0.717) is 0 Å². The maximum Gasteiger partial charge on any atom is 0.349 e. The van der Waals surface area contributed by atoms with Gasteiger partial charge in [0, 0.05) is 5.56 Å². The molecule has 0 saturated carbocycles. The van der Waals surface area contributed by atoms with Crippen LogP contribution in [0.4, 0.5) is 0 Å². The van der Waals surface area contributed by atoms with Crippen LogP contribution in [0, 0.1) is 11.3 Å². The number of halogens is 3. The van der Waals surface area contributed by atoms with Crippen LogP contribution in [0.1, 0.15) is 31.0 Å². The van der Waals surface area contributed by atoms with Crippen molar-refractivity contribution in [2.75, 3.05) is 0 Å². The van der Waals surface area contributed by atoms with E-state index in [0.717, 1.165) is 4.68 Å². The monoisotopic (exact) mass is 468 g/mol. The Hall–Kier alpha value is -3.13. The molecular weight excluding hydrogens is 459 g/mol. The predicted molar refractivity (Wildman–Crippen MR) is 109 cm³/mol. The first-order chi connectivity index (χ1) is 14.1. The molecule has 0 aliphatic heterocycles. The molecule has 10 nitrogen and oxygen atoms in total. The molecule has 3 rings (SSSR count). The molecule has 0 amide bonds. The molecule has 2 aromatic heterocycles. The summed E-state index contributed by atoms with van der Waals surface area (Å²) in [5.41, 5.74) is -2.45. The van der Waals surface area contributed by atoms with Crippen LogP contribution in [-0.2, 0) is 0 Å². The fourth-order valence-corrected chi connectivity index (χ4v) is 3.46. The zero-order valence-corrected chi connectivity index (χ0v) is 17.6. The lowest BCUT2D eigenvalue weighted by molar-refractivity contribution is 0.453. The molecule has 1 aromatic carbocycles. The van der Waals surface area contributed by atoms with Crippen LogP contribution in [0.5, 0.6) is 11.6 Å². The van der Waals surface area contributed by atoms with Crippen molar-refractivity contribution in [3.05, 3.63) is 69.6 Å². The fraction of sp³-hybridized carbons (Fsp3) is 0.176. The third-order valence-corrected chi connectivity index (χ3v) is 4.79. The van der Waals surface area contributed by atoms with E-state index in [9.17, 15) is 14.4 Å². The standard InChI is InChI=1S/C17H11Cl3N6O4/c1-6(2)11-12(20)16(24-23-15(11)28)30-13-8(18)3-7(4-9(13)19)26-17(29)22-14(27)10(5-21)25-26/h3-4,6H,1-2H3,(H,23,28)(H,22,27,29). The molecule has 0 radical (unpaired) electrons. The Morgan fingerprint density at radius 1 is 1.13 bits per heavy atom. The van der Waals surface area contributed by atoms with E-state index < -0.39 is 22.5 Å². The number of rotatable bonds is 4. The highest BCUT2D eigenvalue weighted by Crippen LogP contribution is 2.40. The molecule has 30 heavy (non-hydrogen) atoms. The topological polar surface area (TPSA) is 147 Å². The summed E-state index contributed by atoms with van der Waals surface area (Å²) >= 11 is 18.7. The van der Waals surface area contributed by atoms with Crippen LogP contribution in [0.2, 0.25) is 15.1 Å². The Morgan fingerprint density at radius 2 is 1.77 bits per heavy atom. The van der Waals surface area contributed by atoms with Gasteiger partial charge in [-0.05, 0) is 18.1 Å². The summed E-state index contributed by atoms with van der Waals surface area (Å²) < 4.78 is 6.36. The molecule has 0 bridgehead atoms. The second kappa shape index (κ2) is 8.31. The first-order valence-corrected chi connectivity index (χ1v) is 9.36. The van der Waals surface area contributed by atoms with Crippen LogP contribution in [0.15, 0.2) is 26.5 Å². The Balaban J connectivity index is 2.09. The number of benzene rings is 1. The number of ether oxygens (including phenoxy) is 1. The van der Waals surface area contributed by atoms with Gasteiger partial charge in [-0.25, -0.2) is 9.89 Å². The summed E-state index contributed by atoms with van der Waals surface area (Å²) in [6.07, 6.45) is 0. The summed E-state index contributed by atoms with van der Waals surface area (Å²) in [5.74, 6) is -0.369. The number of nitriles is 1. The van der Waals surface area contributed by atoms with Gasteiger partial charge in [-0.3, -0.25) is 14.6 Å². The average molecular weight is 470 g/mol. The number of aromatic nitrogens is 5. The Morgan fingerprint density at radius 3 is 2.33 bits per heavy atom. The molecule has 0 fully saturated rings. The molecule has 0 aliphatic carbocycles. The molecule has 2 N–H and O–H groups in total. The molecule has 0 atom stereocenters. The van der Waals surface area contributed by atoms with Crippen LogP contribution in [0.3, 0.4) is 0 Å². The van der Waals surface area contributed by atoms with Crippen molar-refractivity contribution < 1.29 is 4.74 Å². The van der Waals surface area contributed by atoms with Crippen molar-refractivity contribution in [2.45, 2.75) is 19.8 Å². The Kier molecular flexibility index (Phi) is 5.98. The van der Waals surface area contributed by atoms with Gasteiger partial charge in [0.1, 0.15) is 11.1 Å². The van der Waals surface area contributed by atoms with Crippen LogP contribution < -0.4 is 21.5 Å². The highest BCUT2D eigenvalue weighted by atomic mass is 35.5. The lowest BCUT2D eigenvalue weighted by atomic mass is 10.1. The van der Waals surface area contributed by atoms with Crippen molar-refractivity contribution >= 4 is 34.8 Å². The smallest absolute Gasteiger partial charge is 0.349 e. The third kappa shape index (κ3) is 3.95. The third-order valence-electron chi connectivity index (χ3n) is 3.87. The van der Waals surface area contributed by atoms with Crippen molar-refractivity contribution in [1.82, 2.24) is 25.0 Å². The highest BCUT2D eigenvalue weighted by molar-refractivity contribution is 6.37. The van der Waals surface area contributed by atoms with E-state index in [1.165, 1.54) is 12.1 Å². The number of hydrogen-bond donors (Lipinski definition) is 2. The maximum atomic E-state index is 12.0. The molecule has 2 heterocycles. The summed E-state index contributed by atoms with van der Waals surface area (Å²) in [5, 5.41) is 18.6. The number of H-pyrrole nitrogens is 2. The van der Waals surface area contributed by atoms with E-state index in [1.807, 2.05) is 4.98 Å². The Labute approximate surface area is 182 Å². The van der Waals surface area contributed by atoms with Crippen molar-refractivity contribution in [3.63, 3.8) is 0 Å². The van der Waals surface area contributed by atoms with Gasteiger partial charge >= 0.3 is 5.69 Å². The van der Waals surface area contributed by atoms with Gasteiger partial charge in [0.25, 0.3) is 17.0 Å².